The Kier molecular flexibility index (Phi) is 5.41. The zero-order valence-corrected chi connectivity index (χ0v) is 10.5. The van der Waals surface area contributed by atoms with E-state index in [0.717, 1.165) is 6.42 Å². The lowest BCUT2D eigenvalue weighted by atomic mass is 9.93. The van der Waals surface area contributed by atoms with Crippen LogP contribution >= 0.6 is 0 Å². The van der Waals surface area contributed by atoms with Crippen LogP contribution in [0.25, 0.3) is 0 Å². The summed E-state index contributed by atoms with van der Waals surface area (Å²) in [6, 6.07) is 0.139. The largest absolute Gasteiger partial charge is 0.481 e. The van der Waals surface area contributed by atoms with Crippen molar-refractivity contribution in [1.29, 1.82) is 0 Å². The number of carboxylic acids is 1. The molecule has 1 fully saturated rings. The van der Waals surface area contributed by atoms with Crippen molar-refractivity contribution in [2.24, 2.45) is 5.92 Å². The molecule has 0 aromatic carbocycles. The van der Waals surface area contributed by atoms with E-state index in [1.807, 2.05) is 13.8 Å². The average Bonchev–Trinajstić information content (AvgIpc) is 2.29. The van der Waals surface area contributed by atoms with Gasteiger partial charge in [-0.25, -0.2) is 0 Å². The summed E-state index contributed by atoms with van der Waals surface area (Å²) in [6.45, 7) is 5.20. The van der Waals surface area contributed by atoms with E-state index in [-0.39, 0.29) is 11.9 Å². The van der Waals surface area contributed by atoms with Gasteiger partial charge in [0.25, 0.3) is 0 Å². The van der Waals surface area contributed by atoms with Crippen molar-refractivity contribution in [3.05, 3.63) is 0 Å². The van der Waals surface area contributed by atoms with Gasteiger partial charge in [0.15, 0.2) is 0 Å². The van der Waals surface area contributed by atoms with Crippen LogP contribution in [0.4, 0.5) is 0 Å². The van der Waals surface area contributed by atoms with Gasteiger partial charge in [0.05, 0.1) is 18.9 Å². The molecule has 0 aliphatic carbocycles. The summed E-state index contributed by atoms with van der Waals surface area (Å²) in [5, 5.41) is 8.98. The van der Waals surface area contributed by atoms with Gasteiger partial charge in [-0.15, -0.1) is 0 Å². The molecule has 0 saturated carbocycles. The zero-order valence-electron chi connectivity index (χ0n) is 10.5. The zero-order chi connectivity index (χ0) is 12.8. The quantitative estimate of drug-likeness (QED) is 0.735. The molecule has 2 unspecified atom stereocenters. The normalized spacial score (nSPS) is 24.7. The highest BCUT2D eigenvalue weighted by Crippen LogP contribution is 2.22. The number of carbonyl (C=O) groups excluding carboxylic acids is 1. The van der Waals surface area contributed by atoms with Crippen LogP contribution in [0, 0.1) is 5.92 Å². The van der Waals surface area contributed by atoms with E-state index >= 15 is 0 Å². The van der Waals surface area contributed by atoms with E-state index in [4.69, 9.17) is 9.84 Å². The number of ether oxygens (including phenoxy) is 1. The fourth-order valence-electron chi connectivity index (χ4n) is 2.10. The first-order valence-corrected chi connectivity index (χ1v) is 6.16. The maximum absolute atomic E-state index is 11.9. The second-order valence-electron chi connectivity index (χ2n) is 4.45. The fourth-order valence-corrected chi connectivity index (χ4v) is 2.10. The number of likely N-dealkylation sites (tertiary alicyclic amines) is 1. The third-order valence-electron chi connectivity index (χ3n) is 3.22. The topological polar surface area (TPSA) is 66.8 Å². The number of carboxylic acid groups (broad SMARTS) is 1. The van der Waals surface area contributed by atoms with E-state index in [1.54, 1.807) is 4.90 Å². The van der Waals surface area contributed by atoms with Crippen molar-refractivity contribution in [3.8, 4) is 0 Å². The van der Waals surface area contributed by atoms with Crippen molar-refractivity contribution in [1.82, 2.24) is 4.90 Å². The van der Waals surface area contributed by atoms with Gasteiger partial charge in [0.1, 0.15) is 0 Å². The van der Waals surface area contributed by atoms with Crippen molar-refractivity contribution < 1.29 is 19.4 Å². The van der Waals surface area contributed by atoms with Crippen LogP contribution in [-0.4, -0.2) is 47.7 Å². The number of nitrogens with zero attached hydrogens (tertiary/aromatic N) is 1. The Labute approximate surface area is 102 Å². The van der Waals surface area contributed by atoms with Crippen LogP contribution in [-0.2, 0) is 14.3 Å². The number of amides is 1. The molecule has 1 heterocycles. The Bertz CT molecular complexity index is 280. The molecule has 0 radical (unpaired) electrons. The number of carbonyl (C=O) groups is 2. The molecule has 17 heavy (non-hydrogen) atoms. The highest BCUT2D eigenvalue weighted by molar-refractivity contribution is 5.78. The standard InChI is InChI=1S/C12H21NO4/c1-3-17-7-6-11(14)13-8-10(12(15)16)5-4-9(13)2/h9-10H,3-8H2,1-2H3,(H,15,16). The summed E-state index contributed by atoms with van der Waals surface area (Å²) < 4.78 is 5.14. The van der Waals surface area contributed by atoms with E-state index in [1.165, 1.54) is 0 Å². The summed E-state index contributed by atoms with van der Waals surface area (Å²) in [5.74, 6) is -1.22. The number of rotatable bonds is 5. The summed E-state index contributed by atoms with van der Waals surface area (Å²) in [5.41, 5.74) is 0. The summed E-state index contributed by atoms with van der Waals surface area (Å²) in [4.78, 5) is 24.5. The van der Waals surface area contributed by atoms with Gasteiger partial charge in [-0.1, -0.05) is 0 Å². The lowest BCUT2D eigenvalue weighted by Crippen LogP contribution is -2.47. The van der Waals surface area contributed by atoms with Crippen molar-refractivity contribution >= 4 is 11.9 Å². The summed E-state index contributed by atoms with van der Waals surface area (Å²) in [7, 11) is 0. The molecule has 98 valence electrons. The molecule has 2 atom stereocenters. The third kappa shape index (κ3) is 4.00. The Morgan fingerprint density at radius 1 is 1.41 bits per heavy atom. The van der Waals surface area contributed by atoms with Crippen molar-refractivity contribution in [2.75, 3.05) is 19.8 Å². The minimum atomic E-state index is -0.806. The Morgan fingerprint density at radius 2 is 2.12 bits per heavy atom. The first-order valence-electron chi connectivity index (χ1n) is 6.16. The van der Waals surface area contributed by atoms with Gasteiger partial charge < -0.3 is 14.7 Å². The minimum Gasteiger partial charge on any atom is -0.481 e. The molecular weight excluding hydrogens is 222 g/mol. The third-order valence-corrected chi connectivity index (χ3v) is 3.22. The molecule has 0 aromatic heterocycles. The molecule has 5 heteroatoms. The van der Waals surface area contributed by atoms with E-state index in [0.29, 0.717) is 32.6 Å². The number of hydrogen-bond donors (Lipinski definition) is 1. The first-order chi connectivity index (χ1) is 8.06. The molecule has 1 rings (SSSR count). The van der Waals surface area contributed by atoms with Gasteiger partial charge in [-0.2, -0.15) is 0 Å². The van der Waals surface area contributed by atoms with Crippen LogP contribution in [0.1, 0.15) is 33.1 Å². The molecule has 1 aliphatic rings. The predicted octanol–water partition coefficient (Wildman–Crippen LogP) is 1.12. The molecule has 1 aliphatic heterocycles. The van der Waals surface area contributed by atoms with Crippen LogP contribution in [0.3, 0.4) is 0 Å². The molecule has 5 nitrogen and oxygen atoms in total. The summed E-state index contributed by atoms with van der Waals surface area (Å²) >= 11 is 0. The molecule has 0 aromatic rings. The number of aliphatic carboxylic acids is 1. The molecule has 0 spiro atoms. The van der Waals surface area contributed by atoms with E-state index in [9.17, 15) is 9.59 Å². The van der Waals surface area contributed by atoms with Gasteiger partial charge in [0, 0.05) is 19.2 Å². The molecule has 1 saturated heterocycles. The molecule has 1 N–H and O–H groups in total. The Morgan fingerprint density at radius 3 is 2.71 bits per heavy atom. The van der Waals surface area contributed by atoms with Crippen molar-refractivity contribution in [3.63, 3.8) is 0 Å². The molecular formula is C12H21NO4. The number of piperidine rings is 1. The van der Waals surface area contributed by atoms with Gasteiger partial charge in [-0.3, -0.25) is 9.59 Å². The van der Waals surface area contributed by atoms with Gasteiger partial charge >= 0.3 is 5.97 Å². The van der Waals surface area contributed by atoms with Crippen LogP contribution in [0.15, 0.2) is 0 Å². The van der Waals surface area contributed by atoms with Crippen molar-refractivity contribution in [2.45, 2.75) is 39.2 Å². The summed E-state index contributed by atoms with van der Waals surface area (Å²) in [6.07, 6.45) is 1.76. The van der Waals surface area contributed by atoms with E-state index in [2.05, 4.69) is 0 Å². The lowest BCUT2D eigenvalue weighted by molar-refractivity contribution is -0.147. The molecule has 0 bridgehead atoms. The lowest BCUT2D eigenvalue weighted by Gasteiger charge is -2.36. The first kappa shape index (κ1) is 14.0. The van der Waals surface area contributed by atoms with Crippen LogP contribution in [0.5, 0.6) is 0 Å². The maximum atomic E-state index is 11.9. The minimum absolute atomic E-state index is 0.00287. The highest BCUT2D eigenvalue weighted by atomic mass is 16.5. The fraction of sp³-hybridized carbons (Fsp3) is 0.833. The van der Waals surface area contributed by atoms with E-state index < -0.39 is 11.9 Å². The predicted molar refractivity (Wildman–Crippen MR) is 62.6 cm³/mol. The Balaban J connectivity index is 2.48. The monoisotopic (exact) mass is 243 g/mol. The highest BCUT2D eigenvalue weighted by Gasteiger charge is 2.32. The molecule has 1 amide bonds. The second-order valence-corrected chi connectivity index (χ2v) is 4.45. The smallest absolute Gasteiger partial charge is 0.308 e. The second kappa shape index (κ2) is 6.59. The van der Waals surface area contributed by atoms with Crippen LogP contribution < -0.4 is 0 Å². The maximum Gasteiger partial charge on any atom is 0.308 e. The van der Waals surface area contributed by atoms with Crippen LogP contribution in [0.2, 0.25) is 0 Å². The average molecular weight is 243 g/mol. The number of hydrogen-bond acceptors (Lipinski definition) is 3. The Hall–Kier alpha value is -1.10. The van der Waals surface area contributed by atoms with Gasteiger partial charge in [-0.05, 0) is 26.7 Å². The van der Waals surface area contributed by atoms with Gasteiger partial charge in [0.2, 0.25) is 5.91 Å². The SMILES string of the molecule is CCOCCC(=O)N1CC(C(=O)O)CCC1C.